The van der Waals surface area contributed by atoms with Crippen LogP contribution in [0.3, 0.4) is 0 Å². The van der Waals surface area contributed by atoms with Crippen molar-refractivity contribution in [1.29, 1.82) is 0 Å². The summed E-state index contributed by atoms with van der Waals surface area (Å²) >= 11 is 0. The molecule has 0 fully saturated rings. The van der Waals surface area contributed by atoms with Gasteiger partial charge in [0, 0.05) is 38.6 Å². The molecule has 0 amide bonds. The number of rotatable bonds is 12. The first-order valence-electron chi connectivity index (χ1n) is 23.9. The van der Waals surface area contributed by atoms with Gasteiger partial charge in [0.1, 0.15) is 11.6 Å². The molecule has 344 valence electrons. The molecule has 10 aromatic rings. The quantitative estimate of drug-likeness (QED) is 0.124. The Balaban J connectivity index is 0.00000593. The number of hydrogen-bond acceptors (Lipinski definition) is 3. The van der Waals surface area contributed by atoms with Gasteiger partial charge in [0.2, 0.25) is 0 Å². The van der Waals surface area contributed by atoms with Gasteiger partial charge in [-0.2, -0.15) is 0 Å². The van der Waals surface area contributed by atoms with Crippen LogP contribution in [0.2, 0.25) is 0 Å². The van der Waals surface area contributed by atoms with Gasteiger partial charge < -0.3 is 5.11 Å². The number of aromatic nitrogens is 3. The summed E-state index contributed by atoms with van der Waals surface area (Å²) in [4.78, 5) is 10.6. The van der Waals surface area contributed by atoms with Gasteiger partial charge in [-0.1, -0.05) is 204 Å². The van der Waals surface area contributed by atoms with Crippen LogP contribution in [-0.2, 0) is 27.5 Å². The molecular formula is C64H56N3OPt-. The van der Waals surface area contributed by atoms with Crippen molar-refractivity contribution in [3.8, 4) is 89.7 Å². The number of pyridine rings is 1. The van der Waals surface area contributed by atoms with E-state index in [1.165, 1.54) is 27.8 Å². The van der Waals surface area contributed by atoms with Crippen LogP contribution in [0.4, 0.5) is 0 Å². The molecule has 10 rings (SSSR count). The van der Waals surface area contributed by atoms with Crippen molar-refractivity contribution in [2.75, 3.05) is 0 Å². The first-order valence-corrected chi connectivity index (χ1v) is 23.9. The average Bonchev–Trinajstić information content (AvgIpc) is 3.76. The summed E-state index contributed by atoms with van der Waals surface area (Å²) in [5.74, 6) is 1.77. The Labute approximate surface area is 421 Å². The number of fused-ring (bicyclic) bond motifs is 1. The van der Waals surface area contributed by atoms with Gasteiger partial charge in [-0.3, -0.25) is 9.55 Å². The predicted octanol–water partition coefficient (Wildman–Crippen LogP) is 17.0. The summed E-state index contributed by atoms with van der Waals surface area (Å²) in [6.45, 7) is 13.3. The van der Waals surface area contributed by atoms with Crippen molar-refractivity contribution < 1.29 is 26.2 Å². The standard InChI is InChI=1S/C64H56N3O.Pt/c1-41(2)33-52-37-55(29-30-56(52)48-21-14-9-15-22-48)67-61-24-16-23-57(62(61)66-64(67)59-39-50(42(3)4)38-58(43(5)6)63(59)68)53-34-51(45-19-12-8-13-20-45)35-54(36-53)60-40-49(31-32-65-60)47-27-25-46(26-28-47)44-17-10-7-11-18-44;/h7-32,34-35,37-43,68H,33H2,1-6H3;/q-1;. The third-order valence-corrected chi connectivity index (χ3v) is 13.1. The van der Waals surface area contributed by atoms with E-state index in [2.05, 4.69) is 234 Å². The van der Waals surface area contributed by atoms with Crippen molar-refractivity contribution in [2.45, 2.75) is 59.8 Å². The molecular weight excluding hydrogens is 1020 g/mol. The molecule has 2 aromatic heterocycles. The smallest absolute Gasteiger partial charge is 0.148 e. The van der Waals surface area contributed by atoms with Crippen LogP contribution in [0.15, 0.2) is 194 Å². The first-order chi connectivity index (χ1) is 33.1. The second kappa shape index (κ2) is 20.2. The van der Waals surface area contributed by atoms with Crippen LogP contribution < -0.4 is 0 Å². The van der Waals surface area contributed by atoms with Crippen LogP contribution in [-0.4, -0.2) is 19.6 Å². The van der Waals surface area contributed by atoms with E-state index in [4.69, 9.17) is 9.97 Å². The van der Waals surface area contributed by atoms with E-state index >= 15 is 0 Å². The zero-order valence-electron chi connectivity index (χ0n) is 40.0. The predicted molar refractivity (Wildman–Crippen MR) is 284 cm³/mol. The molecule has 2 heterocycles. The maximum atomic E-state index is 12.3. The summed E-state index contributed by atoms with van der Waals surface area (Å²) in [6, 6.07) is 70.5. The molecule has 0 spiro atoms. The Kier molecular flexibility index (Phi) is 13.8. The molecule has 0 unspecified atom stereocenters. The van der Waals surface area contributed by atoms with Crippen LogP contribution in [0.1, 0.15) is 70.1 Å². The topological polar surface area (TPSA) is 50.9 Å². The summed E-state index contributed by atoms with van der Waals surface area (Å²) < 4.78 is 2.26. The van der Waals surface area contributed by atoms with Crippen LogP contribution >= 0.6 is 0 Å². The minimum atomic E-state index is 0. The Morgan fingerprint density at radius 3 is 1.75 bits per heavy atom. The van der Waals surface area contributed by atoms with Gasteiger partial charge >= 0.3 is 0 Å². The molecule has 1 N–H and O–H groups in total. The summed E-state index contributed by atoms with van der Waals surface area (Å²) in [7, 11) is 0. The third kappa shape index (κ3) is 9.65. The molecule has 4 nitrogen and oxygen atoms in total. The SMILES string of the molecule is CC(C)Cc1cc(-n2c(-c3cc(C(C)C)cc(C(C)C)c3O)nc3c(-c4[c-]c(-c5cc(-c6ccc(-c7ccccc7)cc6)ccn5)cc(-c5ccccc5)c4)cccc32)ccc1-c1ccccc1.[Pt]. The van der Waals surface area contributed by atoms with Gasteiger partial charge in [-0.15, -0.1) is 23.8 Å². The van der Waals surface area contributed by atoms with Gasteiger partial charge in [0.15, 0.2) is 0 Å². The van der Waals surface area contributed by atoms with E-state index in [1.54, 1.807) is 0 Å². The van der Waals surface area contributed by atoms with Crippen molar-refractivity contribution in [1.82, 2.24) is 14.5 Å². The van der Waals surface area contributed by atoms with Gasteiger partial charge in [-0.25, -0.2) is 4.98 Å². The van der Waals surface area contributed by atoms with E-state index in [-0.39, 0.29) is 38.7 Å². The molecule has 69 heavy (non-hydrogen) atoms. The van der Waals surface area contributed by atoms with Gasteiger partial charge in [0.25, 0.3) is 0 Å². The molecule has 0 bridgehead atoms. The fourth-order valence-electron chi connectivity index (χ4n) is 9.50. The first kappa shape index (κ1) is 47.0. The molecule has 5 heteroatoms. The number of phenols is 1. The van der Waals surface area contributed by atoms with E-state index < -0.39 is 0 Å². The van der Waals surface area contributed by atoms with Crippen LogP contribution in [0.5, 0.6) is 5.75 Å². The number of nitrogens with zero attached hydrogens (tertiary/aromatic N) is 3. The molecule has 0 aliphatic carbocycles. The molecule has 0 aliphatic rings. The minimum absolute atomic E-state index is 0. The minimum Gasteiger partial charge on any atom is -0.507 e. The van der Waals surface area contributed by atoms with E-state index in [1.807, 2.05) is 12.3 Å². The van der Waals surface area contributed by atoms with Crippen molar-refractivity contribution in [2.24, 2.45) is 5.92 Å². The Hall–Kier alpha value is -7.13. The summed E-state index contributed by atoms with van der Waals surface area (Å²) in [5.41, 5.74) is 19.6. The molecule has 8 aromatic carbocycles. The van der Waals surface area contributed by atoms with Crippen molar-refractivity contribution >= 4 is 11.0 Å². The van der Waals surface area contributed by atoms with Crippen LogP contribution in [0.25, 0.3) is 95.0 Å². The Morgan fingerprint density at radius 1 is 0.507 bits per heavy atom. The second-order valence-corrected chi connectivity index (χ2v) is 19.0. The molecule has 0 saturated carbocycles. The van der Waals surface area contributed by atoms with Crippen LogP contribution in [0, 0.1) is 12.0 Å². The molecule has 0 radical (unpaired) electrons. The number of aromatic hydroxyl groups is 1. The molecule has 0 atom stereocenters. The normalized spacial score (nSPS) is 11.4. The molecule has 0 saturated heterocycles. The Morgan fingerprint density at radius 2 is 1.12 bits per heavy atom. The maximum Gasteiger partial charge on any atom is 0.148 e. The summed E-state index contributed by atoms with van der Waals surface area (Å²) in [5, 5.41) is 12.3. The molecule has 0 aliphatic heterocycles. The number of imidazole rings is 1. The number of benzene rings is 8. The fraction of sp³-hybridized carbons (Fsp3) is 0.156. The van der Waals surface area contributed by atoms with E-state index in [0.29, 0.717) is 11.7 Å². The fourth-order valence-corrected chi connectivity index (χ4v) is 9.50. The summed E-state index contributed by atoms with van der Waals surface area (Å²) in [6.07, 6.45) is 2.81. The Bertz CT molecular complexity index is 3390. The average molecular weight is 1080 g/mol. The maximum absolute atomic E-state index is 12.3. The van der Waals surface area contributed by atoms with Crippen molar-refractivity contribution in [3.63, 3.8) is 0 Å². The van der Waals surface area contributed by atoms with Gasteiger partial charge in [-0.05, 0) is 110 Å². The second-order valence-electron chi connectivity index (χ2n) is 19.0. The van der Waals surface area contributed by atoms with Crippen molar-refractivity contribution in [3.05, 3.63) is 217 Å². The zero-order valence-corrected chi connectivity index (χ0v) is 42.3. The van der Waals surface area contributed by atoms with E-state index in [0.717, 1.165) is 84.5 Å². The number of phenolic OH excluding ortho intramolecular Hbond substituents is 1. The zero-order chi connectivity index (χ0) is 46.9. The number of para-hydroxylation sites is 1. The van der Waals surface area contributed by atoms with E-state index in [9.17, 15) is 5.11 Å². The number of hydrogen-bond donors (Lipinski definition) is 1. The van der Waals surface area contributed by atoms with Gasteiger partial charge in [0.05, 0.1) is 16.6 Å². The monoisotopic (exact) mass is 1080 g/mol. The third-order valence-electron chi connectivity index (χ3n) is 13.1. The largest absolute Gasteiger partial charge is 0.507 e.